The third-order valence-corrected chi connectivity index (χ3v) is 3.47. The molecule has 0 aromatic heterocycles. The molecule has 0 radical (unpaired) electrons. The molecule has 0 aliphatic heterocycles. The molecule has 0 unspecified atom stereocenters. The quantitative estimate of drug-likeness (QED) is 0.860. The monoisotopic (exact) mass is 340 g/mol. The zero-order valence-electron chi connectivity index (χ0n) is 11.8. The molecule has 0 saturated carbocycles. The lowest BCUT2D eigenvalue weighted by Crippen LogP contribution is -2.29. The highest BCUT2D eigenvalue weighted by atomic mass is 35.5. The van der Waals surface area contributed by atoms with Crippen LogP contribution in [0.3, 0.4) is 0 Å². The Kier molecular flexibility index (Phi) is 5.52. The molecule has 0 aliphatic carbocycles. The number of hydrogen-bond donors (Lipinski definition) is 1. The number of methoxy groups -OCH3 is 1. The number of ether oxygens (including phenoxy) is 2. The van der Waals surface area contributed by atoms with E-state index in [-0.39, 0.29) is 6.42 Å². The van der Waals surface area contributed by atoms with Crippen LogP contribution in [0, 0.1) is 0 Å². The maximum absolute atomic E-state index is 11.4. The minimum atomic E-state index is -1.08. The molecule has 116 valence electrons. The van der Waals surface area contributed by atoms with Crippen molar-refractivity contribution < 1.29 is 19.4 Å². The zero-order valence-corrected chi connectivity index (χ0v) is 13.3. The molecular formula is C16H14Cl2O4. The highest BCUT2D eigenvalue weighted by Gasteiger charge is 2.22. The van der Waals surface area contributed by atoms with Crippen LogP contribution in [0.15, 0.2) is 42.5 Å². The summed E-state index contributed by atoms with van der Waals surface area (Å²) in [5.74, 6) is -0.131. The first kappa shape index (κ1) is 16.5. The van der Waals surface area contributed by atoms with Crippen LogP contribution >= 0.6 is 23.2 Å². The van der Waals surface area contributed by atoms with Gasteiger partial charge >= 0.3 is 5.97 Å². The zero-order chi connectivity index (χ0) is 16.1. The molecule has 0 bridgehead atoms. The van der Waals surface area contributed by atoms with Crippen LogP contribution in [0.25, 0.3) is 0 Å². The number of halogens is 2. The molecule has 0 heterocycles. The highest BCUT2D eigenvalue weighted by molar-refractivity contribution is 6.31. The van der Waals surface area contributed by atoms with Gasteiger partial charge in [0.25, 0.3) is 0 Å². The summed E-state index contributed by atoms with van der Waals surface area (Å²) in [6, 6.07) is 11.6. The van der Waals surface area contributed by atoms with Crippen LogP contribution < -0.4 is 9.47 Å². The molecule has 22 heavy (non-hydrogen) atoms. The second kappa shape index (κ2) is 7.38. The minimum absolute atomic E-state index is 0.117. The van der Waals surface area contributed by atoms with E-state index in [0.717, 1.165) is 0 Å². The van der Waals surface area contributed by atoms with Crippen LogP contribution in [0.5, 0.6) is 11.5 Å². The summed E-state index contributed by atoms with van der Waals surface area (Å²) >= 11 is 11.8. The topological polar surface area (TPSA) is 55.8 Å². The van der Waals surface area contributed by atoms with Gasteiger partial charge in [-0.15, -0.1) is 0 Å². The fourth-order valence-electron chi connectivity index (χ4n) is 1.99. The number of rotatable bonds is 6. The first-order chi connectivity index (χ1) is 10.5. The van der Waals surface area contributed by atoms with Crippen molar-refractivity contribution in [3.63, 3.8) is 0 Å². The predicted molar refractivity (Wildman–Crippen MR) is 85.2 cm³/mol. The van der Waals surface area contributed by atoms with Crippen molar-refractivity contribution >= 4 is 29.2 Å². The summed E-state index contributed by atoms with van der Waals surface area (Å²) < 4.78 is 10.7. The molecule has 4 nitrogen and oxygen atoms in total. The van der Waals surface area contributed by atoms with Crippen molar-refractivity contribution in [3.05, 3.63) is 58.1 Å². The molecule has 6 heteroatoms. The Bertz CT molecular complexity index is 673. The molecule has 2 aromatic rings. The molecule has 0 fully saturated rings. The van der Waals surface area contributed by atoms with Crippen LogP contribution in [0.1, 0.15) is 5.56 Å². The molecule has 0 saturated heterocycles. The summed E-state index contributed by atoms with van der Waals surface area (Å²) in [6.07, 6.45) is -0.961. The lowest BCUT2D eigenvalue weighted by atomic mass is 10.1. The summed E-state index contributed by atoms with van der Waals surface area (Å²) in [5.41, 5.74) is 0.657. The van der Waals surface area contributed by atoms with Crippen LogP contribution in [0.4, 0.5) is 0 Å². The highest BCUT2D eigenvalue weighted by Crippen LogP contribution is 2.26. The Labute approximate surface area is 138 Å². The van der Waals surface area contributed by atoms with Gasteiger partial charge in [0.15, 0.2) is 6.10 Å². The van der Waals surface area contributed by atoms with Crippen LogP contribution in [0.2, 0.25) is 10.0 Å². The van der Waals surface area contributed by atoms with Gasteiger partial charge in [0.2, 0.25) is 0 Å². The van der Waals surface area contributed by atoms with Crippen molar-refractivity contribution in [2.75, 3.05) is 7.11 Å². The van der Waals surface area contributed by atoms with Crippen LogP contribution in [-0.4, -0.2) is 24.3 Å². The Balaban J connectivity index is 2.22. The van der Waals surface area contributed by atoms with Crippen LogP contribution in [-0.2, 0) is 11.2 Å². The Morgan fingerprint density at radius 2 is 1.91 bits per heavy atom. The van der Waals surface area contributed by atoms with Crippen molar-refractivity contribution in [3.8, 4) is 11.5 Å². The SMILES string of the molecule is COc1ccc(Cl)cc1C[C@H](Oc1cccc(Cl)c1)C(=O)O. The van der Waals surface area contributed by atoms with Gasteiger partial charge in [0.05, 0.1) is 7.11 Å². The number of carboxylic acids is 1. The van der Waals surface area contributed by atoms with E-state index in [1.807, 2.05) is 0 Å². The number of aliphatic carboxylic acids is 1. The van der Waals surface area contributed by atoms with Crippen molar-refractivity contribution in [2.24, 2.45) is 0 Å². The van der Waals surface area contributed by atoms with Gasteiger partial charge < -0.3 is 14.6 Å². The molecule has 0 amide bonds. The summed E-state index contributed by atoms with van der Waals surface area (Å²) in [5, 5.41) is 10.3. The smallest absolute Gasteiger partial charge is 0.345 e. The first-order valence-corrected chi connectivity index (χ1v) is 7.22. The predicted octanol–water partition coefficient (Wildman–Crippen LogP) is 4.08. The maximum atomic E-state index is 11.4. The Morgan fingerprint density at radius 3 is 2.55 bits per heavy atom. The van der Waals surface area contributed by atoms with E-state index < -0.39 is 12.1 Å². The fraction of sp³-hybridized carbons (Fsp3) is 0.188. The van der Waals surface area contributed by atoms with Crippen molar-refractivity contribution in [1.29, 1.82) is 0 Å². The molecule has 0 spiro atoms. The largest absolute Gasteiger partial charge is 0.496 e. The molecular weight excluding hydrogens is 327 g/mol. The minimum Gasteiger partial charge on any atom is -0.496 e. The maximum Gasteiger partial charge on any atom is 0.345 e. The molecule has 1 N–H and O–H groups in total. The number of hydrogen-bond acceptors (Lipinski definition) is 3. The normalized spacial score (nSPS) is 11.8. The van der Waals surface area contributed by atoms with E-state index in [2.05, 4.69) is 0 Å². The van der Waals surface area contributed by atoms with Gasteiger partial charge in [-0.2, -0.15) is 0 Å². The van der Waals surface area contributed by atoms with E-state index in [4.69, 9.17) is 32.7 Å². The van der Waals surface area contributed by atoms with Crippen molar-refractivity contribution in [2.45, 2.75) is 12.5 Å². The number of benzene rings is 2. The second-order valence-electron chi connectivity index (χ2n) is 4.56. The van der Waals surface area contributed by atoms with E-state index >= 15 is 0 Å². The third-order valence-electron chi connectivity index (χ3n) is 3.00. The van der Waals surface area contributed by atoms with Gasteiger partial charge in [-0.3, -0.25) is 0 Å². The van der Waals surface area contributed by atoms with Gasteiger partial charge in [0.1, 0.15) is 11.5 Å². The van der Waals surface area contributed by atoms with Crippen molar-refractivity contribution in [1.82, 2.24) is 0 Å². The molecule has 1 atom stereocenters. The molecule has 0 aliphatic rings. The lowest BCUT2D eigenvalue weighted by molar-refractivity contribution is -0.145. The van der Waals surface area contributed by atoms with Gasteiger partial charge in [-0.25, -0.2) is 4.79 Å². The average molecular weight is 341 g/mol. The fourth-order valence-corrected chi connectivity index (χ4v) is 2.37. The van der Waals surface area contributed by atoms with E-state index in [0.29, 0.717) is 27.1 Å². The lowest BCUT2D eigenvalue weighted by Gasteiger charge is -2.17. The van der Waals surface area contributed by atoms with Gasteiger partial charge in [-0.05, 0) is 42.0 Å². The molecule has 2 rings (SSSR count). The van der Waals surface area contributed by atoms with Gasteiger partial charge in [-0.1, -0.05) is 29.3 Å². The second-order valence-corrected chi connectivity index (χ2v) is 5.44. The number of carbonyl (C=O) groups is 1. The van der Waals surface area contributed by atoms with E-state index in [1.165, 1.54) is 7.11 Å². The third kappa shape index (κ3) is 4.29. The first-order valence-electron chi connectivity index (χ1n) is 6.47. The van der Waals surface area contributed by atoms with E-state index in [9.17, 15) is 9.90 Å². The Hall–Kier alpha value is -1.91. The molecule has 2 aromatic carbocycles. The van der Waals surface area contributed by atoms with E-state index in [1.54, 1.807) is 42.5 Å². The summed E-state index contributed by atoms with van der Waals surface area (Å²) in [6.45, 7) is 0. The Morgan fingerprint density at radius 1 is 1.18 bits per heavy atom. The standard InChI is InChI=1S/C16H14Cl2O4/c1-21-14-6-5-12(18)7-10(14)8-15(16(19)20)22-13-4-2-3-11(17)9-13/h2-7,9,15H,8H2,1H3,(H,19,20)/t15-/m0/s1. The van der Waals surface area contributed by atoms with Gasteiger partial charge in [0, 0.05) is 16.5 Å². The number of carboxylic acid groups (broad SMARTS) is 1. The average Bonchev–Trinajstić information content (AvgIpc) is 2.47. The summed E-state index contributed by atoms with van der Waals surface area (Å²) in [7, 11) is 1.51. The summed E-state index contributed by atoms with van der Waals surface area (Å²) in [4.78, 5) is 11.4.